The molecule has 0 unspecified atom stereocenters. The molecule has 0 N–H and O–H groups in total. The molecule has 0 atom stereocenters. The summed E-state index contributed by atoms with van der Waals surface area (Å²) in [7, 11) is -74.6. The maximum Gasteiger partial charge on any atom is 0.414 e. The van der Waals surface area contributed by atoms with Crippen molar-refractivity contribution in [1.82, 2.24) is 0 Å². The van der Waals surface area contributed by atoms with Gasteiger partial charge in [0.1, 0.15) is 5.75 Å². The van der Waals surface area contributed by atoms with E-state index in [2.05, 4.69) is 74.7 Å². The Morgan fingerprint density at radius 2 is 0.541 bits per heavy atom. The molecule has 75 heteroatoms. The van der Waals surface area contributed by atoms with Gasteiger partial charge in [0.05, 0.1) is 58.6 Å². The van der Waals surface area contributed by atoms with Crippen LogP contribution in [0.5, 0.6) is 0 Å². The summed E-state index contributed by atoms with van der Waals surface area (Å²) in [4.78, 5) is 0. The molecule has 109 heavy (non-hydrogen) atoms. The molecule has 10 saturated heterocycles. The summed E-state index contributed by atoms with van der Waals surface area (Å²) in [6.07, 6.45) is 0.904. The number of rotatable bonds is 0. The first-order valence-corrected chi connectivity index (χ1v) is 56.3. The molecule has 0 radical (unpaired) electrons. The maximum absolute atomic E-state index is 11.5. The van der Waals surface area contributed by atoms with Crippen LogP contribution in [0.2, 0.25) is 0 Å². The van der Waals surface area contributed by atoms with Crippen LogP contribution in [0.15, 0.2) is 0 Å². The zero-order valence-electron chi connectivity index (χ0n) is 56.3. The van der Waals surface area contributed by atoms with Crippen LogP contribution in [0.3, 0.4) is 0 Å². The summed E-state index contributed by atoms with van der Waals surface area (Å²) < 4.78 is 477. The lowest BCUT2D eigenvalue weighted by molar-refractivity contribution is -0.0815. The second kappa shape index (κ2) is 37.5. The molecule has 654 valence electrons. The number of hydrogen-bond donors (Lipinski definition) is 0. The first kappa shape index (κ1) is 105. The van der Waals surface area contributed by atoms with Crippen molar-refractivity contribution in [3.8, 4) is 0 Å². The molecular formula is C34H68O56S19. The van der Waals surface area contributed by atoms with Gasteiger partial charge in [-0.05, 0) is 75.2 Å². The van der Waals surface area contributed by atoms with Crippen molar-refractivity contribution in [3.05, 3.63) is 0 Å². The van der Waals surface area contributed by atoms with Crippen LogP contribution >= 0.6 is 0 Å². The van der Waals surface area contributed by atoms with E-state index in [1.807, 2.05) is 0 Å². The molecule has 0 aliphatic carbocycles. The Bertz CT molecular complexity index is 5170. The van der Waals surface area contributed by atoms with Crippen LogP contribution in [0, 0.1) is 0 Å². The van der Waals surface area contributed by atoms with E-state index in [1.54, 1.807) is 0 Å². The minimum Gasteiger partial charge on any atom is -0.270 e. The van der Waals surface area contributed by atoms with Crippen LogP contribution in [-0.2, 0) is 267 Å². The highest BCUT2D eigenvalue weighted by molar-refractivity contribution is 8.09. The predicted molar refractivity (Wildman–Crippen MR) is 352 cm³/mol. The summed E-state index contributed by atoms with van der Waals surface area (Å²) in [5.74, 6) is -4.22. The number of hydrogen-bond acceptors (Lipinski definition) is 56. The van der Waals surface area contributed by atoms with Gasteiger partial charge in [0, 0.05) is 0 Å². The smallest absolute Gasteiger partial charge is 0.270 e. The van der Waals surface area contributed by atoms with Crippen LogP contribution < -0.4 is 0 Å². The zero-order valence-corrected chi connectivity index (χ0v) is 71.9. The van der Waals surface area contributed by atoms with Gasteiger partial charge in [-0.15, -0.1) is 3.63 Å². The summed E-state index contributed by atoms with van der Waals surface area (Å²) in [6, 6.07) is 0. The molecule has 10 rings (SSSR count). The summed E-state index contributed by atoms with van der Waals surface area (Å²) in [5.41, 5.74) is 0. The van der Waals surface area contributed by atoms with Crippen molar-refractivity contribution in [2.75, 3.05) is 109 Å². The van der Waals surface area contributed by atoms with E-state index in [-0.39, 0.29) is 58.4 Å². The van der Waals surface area contributed by atoms with Crippen LogP contribution in [0.4, 0.5) is 0 Å². The third-order valence-corrected chi connectivity index (χ3v) is 45.3. The van der Waals surface area contributed by atoms with Gasteiger partial charge in [0.2, 0.25) is 33.1 Å². The largest absolute Gasteiger partial charge is 0.414 e. The van der Waals surface area contributed by atoms with Gasteiger partial charge in [0.15, 0.2) is 46.0 Å². The SMILES string of the molecule is CC1(C)OS(=O)(=O)C(C)(C)S(=O)(=O)O1.CC1(C)OS(=O)(=O)CS(=O)(=O)O1.CC1(C)S(=O)(=O)OCOS1(=O)=O.CC1S(=O)(=O)OCCOS1(=O)=O.O=S1(=O)CCCO1.O=S1(=O)CCOS(=O)(=O)O1.O=S1(=O)COS(=O)(=O)C1.O=S1(=O)CS(=O)(=O)OCCCO1.O=S1(=O)CS(=O)(=O)OCCO1.O=S1(=O)CS(=O)(=O)OCO1. The Balaban J connectivity index is 0.000000608. The third-order valence-electron chi connectivity index (χ3n) is 10.8. The monoisotopic (exact) mass is 1980 g/mol. The predicted octanol–water partition coefficient (Wildman–Crippen LogP) is -8.70. The lowest BCUT2D eigenvalue weighted by atomic mass is 10.4. The minimum atomic E-state index is -4.28. The molecule has 10 fully saturated rings. The van der Waals surface area contributed by atoms with Crippen molar-refractivity contribution in [1.29, 1.82) is 0 Å². The Kier molecular flexibility index (Phi) is 36.3. The van der Waals surface area contributed by atoms with Gasteiger partial charge in [-0.3, -0.25) is 33.5 Å². The van der Waals surface area contributed by atoms with E-state index in [4.69, 9.17) is 0 Å². The van der Waals surface area contributed by atoms with Crippen molar-refractivity contribution in [2.45, 2.75) is 99.5 Å². The van der Waals surface area contributed by atoms with Crippen molar-refractivity contribution >= 4 is 192 Å². The third kappa shape index (κ3) is 38.1. The van der Waals surface area contributed by atoms with Crippen molar-refractivity contribution in [3.63, 3.8) is 0 Å². The highest BCUT2D eigenvalue weighted by Gasteiger charge is 2.58. The normalized spacial score (nSPS) is 30.1. The zero-order chi connectivity index (χ0) is 85.9. The van der Waals surface area contributed by atoms with Crippen LogP contribution in [0.25, 0.3) is 0 Å². The summed E-state index contributed by atoms with van der Waals surface area (Å²) in [5, 5.41) is -5.29. The first-order valence-electron chi connectivity index (χ1n) is 27.2. The molecule has 0 aromatic rings. The molecule has 0 spiro atoms. The lowest BCUT2D eigenvalue weighted by Gasteiger charge is -2.36. The summed E-state index contributed by atoms with van der Waals surface area (Å²) >= 11 is 0. The van der Waals surface area contributed by atoms with Gasteiger partial charge >= 0.3 is 10.4 Å². The molecule has 10 aliphatic rings. The van der Waals surface area contributed by atoms with Gasteiger partial charge in [-0.2, -0.15) is 152 Å². The Hall–Kier alpha value is -1.67. The summed E-state index contributed by atoms with van der Waals surface area (Å²) in [6.45, 7) is 7.35. The Morgan fingerprint density at radius 3 is 0.798 bits per heavy atom. The van der Waals surface area contributed by atoms with E-state index < -0.39 is 267 Å². The molecule has 0 bridgehead atoms. The molecule has 10 heterocycles. The molecule has 56 nitrogen and oxygen atoms in total. The average molecular weight is 1980 g/mol. The van der Waals surface area contributed by atoms with Crippen LogP contribution in [-0.4, -0.2) is 294 Å². The number of sulfone groups is 1. The molecular weight excluding hydrogens is 1910 g/mol. The first-order chi connectivity index (χ1) is 47.9. The second-order valence-electron chi connectivity index (χ2n) is 21.9. The second-order valence-corrected chi connectivity index (χ2v) is 58.4. The van der Waals surface area contributed by atoms with E-state index in [9.17, 15) is 160 Å². The Morgan fingerprint density at radius 1 is 0.248 bits per heavy atom. The van der Waals surface area contributed by atoms with E-state index >= 15 is 0 Å². The van der Waals surface area contributed by atoms with E-state index in [0.717, 1.165) is 34.6 Å². The van der Waals surface area contributed by atoms with Gasteiger partial charge in [0.25, 0.3) is 172 Å². The lowest BCUT2D eigenvalue weighted by Crippen LogP contribution is -2.54. The molecule has 10 aliphatic heterocycles. The topological polar surface area (TPSA) is 815 Å². The van der Waals surface area contributed by atoms with Crippen LogP contribution in [0.1, 0.15) is 75.2 Å². The fourth-order valence-corrected chi connectivity index (χ4v) is 30.8. The fraction of sp³-hybridized carbons (Fsp3) is 1.00. The Labute approximate surface area is 630 Å². The maximum atomic E-state index is 11.5. The fourth-order valence-electron chi connectivity index (χ4n) is 5.90. The minimum absolute atomic E-state index is 0.0299. The van der Waals surface area contributed by atoms with E-state index in [1.165, 1.54) is 27.7 Å². The highest BCUT2D eigenvalue weighted by Crippen LogP contribution is 2.38. The van der Waals surface area contributed by atoms with Gasteiger partial charge in [-0.25, -0.2) is 46.1 Å². The molecule has 0 amide bonds. The molecule has 0 saturated carbocycles. The standard InChI is InChI=1S/C6H12O6S2.4C4H8O6S2.C3H6O6S2.C3H6O3S.2C2H4O6S2.C2H4O5S2/c1-5(2)11-13(7,8)6(3,4)14(9,10)12-5;1-4(2)9-11(5,6)3-12(7,8)10-4;1-4(2)11(5,6)9-3-10-12(4,7)8;1-4-11(5,6)9-2-3-10-12(4,7)8;5-11(6)4-12(7,8)10-3-1-2-9-11;4-10(5)3-11(6,7)9-2-1-8-10;4-7(5)3-1-2-6-7;3-9(4)2-10(5,6)8-1-7-9;3-9(4)2-1-7-10(5,6)8-9;3-8(4)1-7-9(5,6)2-8/h1-4H3;2*3H2,1-2H3;4H,2-3H2,1H3;1-4H2;1-3H2;1-3H2;2*1-2H2;1-2H2. The van der Waals surface area contributed by atoms with Crippen molar-refractivity contribution < 1.29 is 235 Å². The van der Waals surface area contributed by atoms with E-state index in [0.29, 0.717) is 13.0 Å². The van der Waals surface area contributed by atoms with Gasteiger partial charge < -0.3 is 0 Å². The quantitative estimate of drug-likeness (QED) is 0.203. The van der Waals surface area contributed by atoms with Gasteiger partial charge in [-0.1, -0.05) is 0 Å². The van der Waals surface area contributed by atoms with Crippen molar-refractivity contribution in [2.24, 2.45) is 0 Å². The molecule has 0 aromatic heterocycles. The molecule has 0 aromatic carbocycles. The average Bonchev–Trinajstić information content (AvgIpc) is 1.31. The highest BCUT2D eigenvalue weighted by atomic mass is 32.3.